The number of benzene rings is 2. The largest absolute Gasteiger partial charge is 0.443 e. The Balaban J connectivity index is 1.47. The zero-order chi connectivity index (χ0) is 20.9. The van der Waals surface area contributed by atoms with Crippen LogP contribution in [0.3, 0.4) is 0 Å². The highest BCUT2D eigenvalue weighted by atomic mass is 32.2. The van der Waals surface area contributed by atoms with E-state index in [4.69, 9.17) is 4.74 Å². The molecule has 0 fully saturated rings. The topological polar surface area (TPSA) is 139 Å². The molecule has 0 aliphatic heterocycles. The third-order valence-corrected chi connectivity index (χ3v) is 5.86. The van der Waals surface area contributed by atoms with Crippen LogP contribution in [0.2, 0.25) is 0 Å². The smallest absolute Gasteiger partial charge is 0.426 e. The molecule has 0 atom stereocenters. The average Bonchev–Trinajstić information content (AvgIpc) is 3.19. The lowest BCUT2D eigenvalue weighted by Crippen LogP contribution is -2.46. The van der Waals surface area contributed by atoms with Gasteiger partial charge < -0.3 is 4.74 Å². The number of hydrogen-bond donors (Lipinski definition) is 3. The monoisotopic (exact) mass is 435 g/mol. The average molecular weight is 435 g/mol. The number of hydrazine groups is 1. The van der Waals surface area contributed by atoms with Crippen molar-refractivity contribution in [2.45, 2.75) is 18.4 Å². The molecular weight excluding hydrogens is 418 g/mol. The number of nitrogens with one attached hydrogen (secondary N) is 3. The molecule has 0 aliphatic carbocycles. The van der Waals surface area contributed by atoms with E-state index in [0.717, 1.165) is 22.9 Å². The second-order valence-corrected chi connectivity index (χ2v) is 8.15. The lowest BCUT2D eigenvalue weighted by atomic mass is 10.1. The second-order valence-electron chi connectivity index (χ2n) is 5.89. The van der Waals surface area contributed by atoms with E-state index in [0.29, 0.717) is 5.52 Å². The number of ether oxygens (including phenoxy) is 1. The van der Waals surface area contributed by atoms with Gasteiger partial charge in [0.1, 0.15) is 22.5 Å². The number of aromatic nitrogens is 2. The summed E-state index contributed by atoms with van der Waals surface area (Å²) in [5, 5.41) is 0. The molecule has 29 heavy (non-hydrogen) atoms. The Morgan fingerprint density at radius 1 is 1.07 bits per heavy atom. The number of fused-ring (bicyclic) bond motifs is 1. The third-order valence-electron chi connectivity index (χ3n) is 3.89. The quantitative estimate of drug-likeness (QED) is 0.495. The van der Waals surface area contributed by atoms with Crippen molar-refractivity contribution in [2.75, 3.05) is 6.54 Å². The van der Waals surface area contributed by atoms with Crippen LogP contribution in [0.15, 0.2) is 47.4 Å². The normalized spacial score (nSPS) is 11.2. The van der Waals surface area contributed by atoms with Crippen LogP contribution in [0, 0.1) is 6.92 Å². The Hall–Kier alpha value is -3.09. The van der Waals surface area contributed by atoms with Gasteiger partial charge in [0, 0.05) is 0 Å². The molecule has 0 spiro atoms. The Labute approximate surface area is 170 Å². The first-order chi connectivity index (χ1) is 13.9. The summed E-state index contributed by atoms with van der Waals surface area (Å²) in [5.41, 5.74) is 6.59. The van der Waals surface area contributed by atoms with E-state index in [1.165, 1.54) is 12.1 Å². The van der Waals surface area contributed by atoms with E-state index in [2.05, 4.69) is 24.3 Å². The number of carbonyl (C=O) groups is 2. The highest BCUT2D eigenvalue weighted by molar-refractivity contribution is 7.89. The predicted molar refractivity (Wildman–Crippen MR) is 105 cm³/mol. The molecule has 0 radical (unpaired) electrons. The maximum Gasteiger partial charge on any atom is 0.426 e. The summed E-state index contributed by atoms with van der Waals surface area (Å²) < 4.78 is 39.9. The van der Waals surface area contributed by atoms with Crippen LogP contribution >= 0.6 is 11.7 Å². The van der Waals surface area contributed by atoms with E-state index >= 15 is 0 Å². The molecule has 10 nitrogen and oxygen atoms in total. The van der Waals surface area contributed by atoms with E-state index in [-0.39, 0.29) is 17.0 Å². The Bertz CT molecular complexity index is 1150. The van der Waals surface area contributed by atoms with Crippen molar-refractivity contribution < 1.29 is 22.7 Å². The molecule has 3 rings (SSSR count). The summed E-state index contributed by atoms with van der Waals surface area (Å²) in [6.07, 6.45) is -0.872. The van der Waals surface area contributed by atoms with Crippen LogP contribution in [0.4, 0.5) is 4.79 Å². The van der Waals surface area contributed by atoms with E-state index in [1.807, 2.05) is 31.2 Å². The summed E-state index contributed by atoms with van der Waals surface area (Å²) in [6, 6.07) is 11.9. The van der Waals surface area contributed by atoms with Crippen LogP contribution in [0.1, 0.15) is 11.1 Å². The number of carbonyl (C=O) groups excluding carboxylic acids is 2. The van der Waals surface area contributed by atoms with Crippen LogP contribution in [-0.4, -0.2) is 35.7 Å². The van der Waals surface area contributed by atoms with Gasteiger partial charge in [-0.15, -0.1) is 0 Å². The number of hydrogen-bond acceptors (Lipinski definition) is 8. The third kappa shape index (κ3) is 5.25. The molecule has 2 amide bonds. The van der Waals surface area contributed by atoms with Crippen molar-refractivity contribution in [3.63, 3.8) is 0 Å². The van der Waals surface area contributed by atoms with Crippen molar-refractivity contribution in [2.24, 2.45) is 0 Å². The summed E-state index contributed by atoms with van der Waals surface area (Å²) in [5.74, 6) is -0.773. The molecule has 2 aromatic carbocycles. The van der Waals surface area contributed by atoms with Crippen molar-refractivity contribution in [3.8, 4) is 0 Å². The van der Waals surface area contributed by atoms with Gasteiger partial charge in [-0.05, 0) is 30.2 Å². The SMILES string of the molecule is Cc1ccccc1COC(=O)NNC(=O)CNS(=O)(=O)c1cccc2nsnc12. The van der Waals surface area contributed by atoms with Gasteiger partial charge >= 0.3 is 6.09 Å². The van der Waals surface area contributed by atoms with Crippen LogP contribution in [0.25, 0.3) is 11.0 Å². The van der Waals surface area contributed by atoms with E-state index < -0.39 is 28.6 Å². The predicted octanol–water partition coefficient (Wildman–Crippen LogP) is 1.24. The fourth-order valence-electron chi connectivity index (χ4n) is 2.35. The molecule has 0 bridgehead atoms. The highest BCUT2D eigenvalue weighted by Crippen LogP contribution is 2.20. The van der Waals surface area contributed by atoms with Crippen LogP contribution in [0.5, 0.6) is 0 Å². The van der Waals surface area contributed by atoms with Gasteiger partial charge in [0.05, 0.1) is 18.3 Å². The van der Waals surface area contributed by atoms with Gasteiger partial charge in [0.2, 0.25) is 10.0 Å². The van der Waals surface area contributed by atoms with Gasteiger partial charge in [-0.3, -0.25) is 10.2 Å². The summed E-state index contributed by atoms with van der Waals surface area (Å²) in [4.78, 5) is 23.4. The minimum Gasteiger partial charge on any atom is -0.443 e. The Kier molecular flexibility index (Phi) is 6.36. The fourth-order valence-corrected chi connectivity index (χ4v) is 4.10. The molecule has 152 valence electrons. The van der Waals surface area contributed by atoms with Crippen molar-refractivity contribution in [1.29, 1.82) is 0 Å². The maximum absolute atomic E-state index is 12.4. The molecule has 0 saturated heterocycles. The minimum absolute atomic E-state index is 0.0344. The zero-order valence-corrected chi connectivity index (χ0v) is 16.8. The van der Waals surface area contributed by atoms with Crippen molar-refractivity contribution in [1.82, 2.24) is 24.3 Å². The molecule has 1 aromatic heterocycles. The summed E-state index contributed by atoms with van der Waals surface area (Å²) >= 11 is 0.890. The highest BCUT2D eigenvalue weighted by Gasteiger charge is 2.20. The van der Waals surface area contributed by atoms with Gasteiger partial charge in [-0.25, -0.2) is 23.4 Å². The van der Waals surface area contributed by atoms with E-state index in [9.17, 15) is 18.0 Å². The minimum atomic E-state index is -3.99. The zero-order valence-electron chi connectivity index (χ0n) is 15.2. The van der Waals surface area contributed by atoms with E-state index in [1.54, 1.807) is 6.07 Å². The molecule has 1 heterocycles. The number of rotatable bonds is 6. The Morgan fingerprint density at radius 2 is 1.86 bits per heavy atom. The summed E-state index contributed by atoms with van der Waals surface area (Å²) in [6.45, 7) is 1.33. The first kappa shape index (κ1) is 20.6. The van der Waals surface area contributed by atoms with Crippen molar-refractivity contribution in [3.05, 3.63) is 53.6 Å². The van der Waals surface area contributed by atoms with Crippen LogP contribution < -0.4 is 15.6 Å². The van der Waals surface area contributed by atoms with Gasteiger partial charge in [-0.2, -0.15) is 8.75 Å². The lowest BCUT2D eigenvalue weighted by molar-refractivity contribution is -0.120. The maximum atomic E-state index is 12.4. The van der Waals surface area contributed by atoms with Crippen molar-refractivity contribution >= 4 is 44.8 Å². The lowest BCUT2D eigenvalue weighted by Gasteiger charge is -2.10. The number of aryl methyl sites for hydroxylation is 1. The molecule has 0 aliphatic rings. The van der Waals surface area contributed by atoms with Gasteiger partial charge in [0.15, 0.2) is 0 Å². The fraction of sp³-hybridized carbons (Fsp3) is 0.176. The molecule has 0 unspecified atom stereocenters. The standard InChI is InChI=1S/C17H17N5O5S2/c1-11-5-2-3-6-12(11)10-27-17(24)20-19-15(23)9-18-29(25,26)14-8-4-7-13-16(14)22-28-21-13/h2-8,18H,9-10H2,1H3,(H,19,23)(H,20,24). The number of sulfonamides is 1. The first-order valence-corrected chi connectivity index (χ1v) is 10.6. The first-order valence-electron chi connectivity index (χ1n) is 8.34. The van der Waals surface area contributed by atoms with Crippen LogP contribution in [-0.2, 0) is 26.2 Å². The second kappa shape index (κ2) is 8.94. The van der Waals surface area contributed by atoms with Gasteiger partial charge in [-0.1, -0.05) is 30.3 Å². The van der Waals surface area contributed by atoms with Gasteiger partial charge in [0.25, 0.3) is 5.91 Å². The molecule has 0 saturated carbocycles. The molecule has 3 N–H and O–H groups in total. The molecule has 3 aromatic rings. The number of nitrogens with zero attached hydrogens (tertiary/aromatic N) is 2. The molecular formula is C17H17N5O5S2. The number of amides is 2. The molecule has 12 heteroatoms. The Morgan fingerprint density at radius 3 is 2.66 bits per heavy atom. The summed E-state index contributed by atoms with van der Waals surface area (Å²) in [7, 11) is -3.99.